The topological polar surface area (TPSA) is 31.4 Å². The molecule has 1 aliphatic rings. The fourth-order valence-corrected chi connectivity index (χ4v) is 3.49. The lowest BCUT2D eigenvalue weighted by atomic mass is 10.1. The normalized spacial score (nSPS) is 15.7. The number of pyridine rings is 1. The van der Waals surface area contributed by atoms with Gasteiger partial charge in [-0.05, 0) is 95.8 Å². The first kappa shape index (κ1) is 16.3. The van der Waals surface area contributed by atoms with Crippen LogP contribution in [0.3, 0.4) is 0 Å². The standard InChI is InChI=1S/C19H20INO2/c1-22-18-7-6-15(13-19(18)23-16-4-2-3-5-16)17(20)12-14-8-10-21-11-9-14/h6-13,16H,2-5H2,1H3/b17-12-. The first-order chi connectivity index (χ1) is 11.3. The van der Waals surface area contributed by atoms with Gasteiger partial charge in [-0.2, -0.15) is 0 Å². The summed E-state index contributed by atoms with van der Waals surface area (Å²) in [6.07, 6.45) is 10.9. The maximum Gasteiger partial charge on any atom is 0.162 e. The van der Waals surface area contributed by atoms with Crippen LogP contribution in [-0.4, -0.2) is 18.2 Å². The lowest BCUT2D eigenvalue weighted by molar-refractivity contribution is 0.201. The van der Waals surface area contributed by atoms with Crippen LogP contribution >= 0.6 is 22.6 Å². The molecule has 0 atom stereocenters. The minimum absolute atomic E-state index is 0.320. The molecule has 1 fully saturated rings. The Labute approximate surface area is 150 Å². The molecule has 0 bridgehead atoms. The van der Waals surface area contributed by atoms with Crippen molar-refractivity contribution in [1.82, 2.24) is 4.98 Å². The molecular formula is C19H20INO2. The van der Waals surface area contributed by atoms with Crippen molar-refractivity contribution in [3.8, 4) is 11.5 Å². The molecule has 0 radical (unpaired) electrons. The van der Waals surface area contributed by atoms with Gasteiger partial charge < -0.3 is 9.47 Å². The Morgan fingerprint density at radius 1 is 1.13 bits per heavy atom. The van der Waals surface area contributed by atoms with Gasteiger partial charge in [-0.1, -0.05) is 0 Å². The molecule has 0 spiro atoms. The zero-order valence-electron chi connectivity index (χ0n) is 13.2. The summed E-state index contributed by atoms with van der Waals surface area (Å²) < 4.78 is 12.8. The molecule has 0 unspecified atom stereocenters. The van der Waals surface area contributed by atoms with Crippen LogP contribution in [0, 0.1) is 0 Å². The number of aromatic nitrogens is 1. The molecule has 3 rings (SSSR count). The van der Waals surface area contributed by atoms with Crippen LogP contribution in [0.1, 0.15) is 36.8 Å². The average molecular weight is 421 g/mol. The van der Waals surface area contributed by atoms with E-state index in [2.05, 4.69) is 45.8 Å². The summed E-state index contributed by atoms with van der Waals surface area (Å²) in [5.41, 5.74) is 2.27. The van der Waals surface area contributed by atoms with Crippen LogP contribution in [0.2, 0.25) is 0 Å². The van der Waals surface area contributed by atoms with Gasteiger partial charge in [-0.25, -0.2) is 0 Å². The molecule has 1 heterocycles. The molecule has 3 nitrogen and oxygen atoms in total. The van der Waals surface area contributed by atoms with Gasteiger partial charge in [0.15, 0.2) is 11.5 Å². The molecule has 0 amide bonds. The van der Waals surface area contributed by atoms with E-state index in [1.54, 1.807) is 19.5 Å². The van der Waals surface area contributed by atoms with Gasteiger partial charge in [-0.3, -0.25) is 4.98 Å². The van der Waals surface area contributed by atoms with Crippen molar-refractivity contribution in [3.63, 3.8) is 0 Å². The lowest BCUT2D eigenvalue weighted by Gasteiger charge is -2.17. The highest BCUT2D eigenvalue weighted by Crippen LogP contribution is 2.36. The molecule has 1 aliphatic carbocycles. The summed E-state index contributed by atoms with van der Waals surface area (Å²) in [7, 11) is 1.69. The average Bonchev–Trinajstić information content (AvgIpc) is 3.09. The zero-order valence-corrected chi connectivity index (χ0v) is 15.3. The Hall–Kier alpha value is -1.56. The van der Waals surface area contributed by atoms with Crippen LogP contribution < -0.4 is 9.47 Å². The van der Waals surface area contributed by atoms with Gasteiger partial charge in [0.05, 0.1) is 13.2 Å². The molecule has 1 aromatic heterocycles. The largest absolute Gasteiger partial charge is 0.493 e. The number of ether oxygens (including phenoxy) is 2. The van der Waals surface area contributed by atoms with Gasteiger partial charge in [0.2, 0.25) is 0 Å². The third-order valence-electron chi connectivity index (χ3n) is 4.03. The summed E-state index contributed by atoms with van der Waals surface area (Å²) in [5, 5.41) is 0. The van der Waals surface area contributed by atoms with E-state index in [0.717, 1.165) is 39.0 Å². The summed E-state index contributed by atoms with van der Waals surface area (Å²) >= 11 is 2.36. The summed E-state index contributed by atoms with van der Waals surface area (Å²) in [4.78, 5) is 4.05. The Morgan fingerprint density at radius 2 is 1.87 bits per heavy atom. The smallest absolute Gasteiger partial charge is 0.162 e. The van der Waals surface area contributed by atoms with Crippen LogP contribution in [0.5, 0.6) is 11.5 Å². The van der Waals surface area contributed by atoms with Gasteiger partial charge >= 0.3 is 0 Å². The van der Waals surface area contributed by atoms with Crippen molar-refractivity contribution in [1.29, 1.82) is 0 Å². The van der Waals surface area contributed by atoms with Crippen molar-refractivity contribution in [2.75, 3.05) is 7.11 Å². The molecular weight excluding hydrogens is 401 g/mol. The highest BCUT2D eigenvalue weighted by atomic mass is 127. The van der Waals surface area contributed by atoms with Crippen LogP contribution in [0.4, 0.5) is 0 Å². The van der Waals surface area contributed by atoms with E-state index in [-0.39, 0.29) is 0 Å². The monoisotopic (exact) mass is 421 g/mol. The molecule has 0 saturated heterocycles. The number of rotatable bonds is 5. The molecule has 1 aromatic carbocycles. The second kappa shape index (κ2) is 7.81. The minimum Gasteiger partial charge on any atom is -0.493 e. The van der Waals surface area contributed by atoms with E-state index in [1.807, 2.05) is 18.2 Å². The van der Waals surface area contributed by atoms with Crippen LogP contribution in [0.15, 0.2) is 42.7 Å². The third kappa shape index (κ3) is 4.25. The molecule has 0 aliphatic heterocycles. The highest BCUT2D eigenvalue weighted by Gasteiger charge is 2.18. The fraction of sp³-hybridized carbons (Fsp3) is 0.316. The first-order valence-electron chi connectivity index (χ1n) is 7.88. The number of methoxy groups -OCH3 is 1. The first-order valence-corrected chi connectivity index (χ1v) is 8.96. The van der Waals surface area contributed by atoms with Crippen molar-refractivity contribution in [2.45, 2.75) is 31.8 Å². The van der Waals surface area contributed by atoms with Crippen molar-refractivity contribution in [2.24, 2.45) is 0 Å². The number of nitrogens with zero attached hydrogens (tertiary/aromatic N) is 1. The minimum atomic E-state index is 0.320. The SMILES string of the molecule is COc1ccc(/C(I)=C/c2ccncc2)cc1OC1CCCC1. The molecule has 4 heteroatoms. The maximum atomic E-state index is 6.17. The lowest BCUT2D eigenvalue weighted by Crippen LogP contribution is -2.11. The van der Waals surface area contributed by atoms with E-state index in [0.29, 0.717) is 6.10 Å². The summed E-state index contributed by atoms with van der Waals surface area (Å²) in [6.45, 7) is 0. The molecule has 23 heavy (non-hydrogen) atoms. The number of hydrogen-bond acceptors (Lipinski definition) is 3. The quantitative estimate of drug-likeness (QED) is 0.611. The van der Waals surface area contributed by atoms with Gasteiger partial charge in [0.1, 0.15) is 0 Å². The molecule has 1 saturated carbocycles. The Balaban J connectivity index is 1.86. The Bertz CT molecular complexity index is 679. The number of benzene rings is 1. The predicted molar refractivity (Wildman–Crippen MR) is 102 cm³/mol. The van der Waals surface area contributed by atoms with E-state index in [9.17, 15) is 0 Å². The molecule has 2 aromatic rings. The second-order valence-corrected chi connectivity index (χ2v) is 6.82. The number of halogens is 1. The predicted octanol–water partition coefficient (Wildman–Crippen LogP) is 5.34. The zero-order chi connectivity index (χ0) is 16.1. The second-order valence-electron chi connectivity index (χ2n) is 5.66. The van der Waals surface area contributed by atoms with Crippen molar-refractivity contribution >= 4 is 32.2 Å². The van der Waals surface area contributed by atoms with Crippen LogP contribution in [-0.2, 0) is 0 Å². The third-order valence-corrected chi connectivity index (χ3v) is 4.97. The van der Waals surface area contributed by atoms with E-state index in [1.165, 1.54) is 12.8 Å². The number of hydrogen-bond donors (Lipinski definition) is 0. The summed E-state index contributed by atoms with van der Waals surface area (Å²) in [6, 6.07) is 10.1. The Kier molecular flexibility index (Phi) is 5.54. The van der Waals surface area contributed by atoms with E-state index >= 15 is 0 Å². The Morgan fingerprint density at radius 3 is 2.57 bits per heavy atom. The van der Waals surface area contributed by atoms with E-state index < -0.39 is 0 Å². The molecule has 0 N–H and O–H groups in total. The molecule has 120 valence electrons. The maximum absolute atomic E-state index is 6.17. The van der Waals surface area contributed by atoms with Gasteiger partial charge in [0.25, 0.3) is 0 Å². The van der Waals surface area contributed by atoms with Gasteiger partial charge in [-0.15, -0.1) is 0 Å². The van der Waals surface area contributed by atoms with Crippen LogP contribution in [0.25, 0.3) is 9.66 Å². The van der Waals surface area contributed by atoms with E-state index in [4.69, 9.17) is 9.47 Å². The summed E-state index contributed by atoms with van der Waals surface area (Å²) in [5.74, 6) is 1.64. The fourth-order valence-electron chi connectivity index (χ4n) is 2.79. The van der Waals surface area contributed by atoms with Gasteiger partial charge in [0, 0.05) is 16.0 Å². The van der Waals surface area contributed by atoms with Crippen molar-refractivity contribution < 1.29 is 9.47 Å². The highest BCUT2D eigenvalue weighted by molar-refractivity contribution is 14.1. The van der Waals surface area contributed by atoms with Crippen molar-refractivity contribution in [3.05, 3.63) is 53.9 Å².